The van der Waals surface area contributed by atoms with Crippen LogP contribution in [0.3, 0.4) is 0 Å². The van der Waals surface area contributed by atoms with Crippen molar-refractivity contribution in [3.63, 3.8) is 0 Å². The molecule has 3 nitrogen and oxygen atoms in total. The Bertz CT molecular complexity index is 2560. The van der Waals surface area contributed by atoms with Crippen LogP contribution in [0.1, 0.15) is 0 Å². The van der Waals surface area contributed by atoms with Crippen LogP contribution in [0.15, 0.2) is 188 Å². The van der Waals surface area contributed by atoms with Crippen LogP contribution in [-0.2, 0) is 0 Å². The lowest BCUT2D eigenvalue weighted by Gasteiger charge is -2.14. The largest absolute Gasteiger partial charge is 0.248 e. The Morgan fingerprint density at radius 1 is 0.300 bits per heavy atom. The van der Waals surface area contributed by atoms with Gasteiger partial charge in [0.15, 0.2) is 5.82 Å². The molecular formula is C47H31N3. The Kier molecular flexibility index (Phi) is 7.49. The quantitative estimate of drug-likeness (QED) is 0.170. The van der Waals surface area contributed by atoms with Gasteiger partial charge >= 0.3 is 0 Å². The highest BCUT2D eigenvalue weighted by Crippen LogP contribution is 2.38. The number of aromatic nitrogens is 3. The molecule has 0 radical (unpaired) electrons. The maximum absolute atomic E-state index is 5.14. The van der Waals surface area contributed by atoms with Gasteiger partial charge in [0.25, 0.3) is 0 Å². The number of hydrogen-bond acceptors (Lipinski definition) is 3. The van der Waals surface area contributed by atoms with Gasteiger partial charge in [0.05, 0.1) is 22.6 Å². The third kappa shape index (κ3) is 5.61. The molecule has 9 aromatic rings. The zero-order valence-corrected chi connectivity index (χ0v) is 27.2. The summed E-state index contributed by atoms with van der Waals surface area (Å²) in [6.07, 6.45) is 0. The van der Waals surface area contributed by atoms with E-state index in [2.05, 4.69) is 146 Å². The SMILES string of the molecule is c1ccc(-c2cc(-c3ccccc3)nc(-c3ccc(-c4cccc(-c5cc(-c6ccccc6)nc6ccc7ccccc7c56)c4)cc3)n2)cc1. The molecule has 0 N–H and O–H groups in total. The topological polar surface area (TPSA) is 38.7 Å². The maximum atomic E-state index is 5.14. The summed E-state index contributed by atoms with van der Waals surface area (Å²) in [5.74, 6) is 0.703. The second kappa shape index (κ2) is 12.7. The number of rotatable bonds is 6. The first-order valence-corrected chi connectivity index (χ1v) is 16.9. The van der Waals surface area contributed by atoms with Crippen molar-refractivity contribution in [3.8, 4) is 67.4 Å². The fourth-order valence-electron chi connectivity index (χ4n) is 6.76. The van der Waals surface area contributed by atoms with E-state index >= 15 is 0 Å². The molecule has 2 heterocycles. The first kappa shape index (κ1) is 29.4. The summed E-state index contributed by atoms with van der Waals surface area (Å²) in [6, 6.07) is 65.7. The molecule has 9 rings (SSSR count). The van der Waals surface area contributed by atoms with Gasteiger partial charge in [0.1, 0.15) is 0 Å². The van der Waals surface area contributed by atoms with Crippen molar-refractivity contribution in [2.45, 2.75) is 0 Å². The highest BCUT2D eigenvalue weighted by Gasteiger charge is 2.15. The lowest BCUT2D eigenvalue weighted by molar-refractivity contribution is 1.18. The van der Waals surface area contributed by atoms with Gasteiger partial charge in [-0.15, -0.1) is 0 Å². The first-order chi connectivity index (χ1) is 24.8. The minimum atomic E-state index is 0.703. The smallest absolute Gasteiger partial charge is 0.160 e. The van der Waals surface area contributed by atoms with E-state index in [9.17, 15) is 0 Å². The normalized spacial score (nSPS) is 11.2. The van der Waals surface area contributed by atoms with E-state index < -0.39 is 0 Å². The Labute approximate surface area is 291 Å². The fraction of sp³-hybridized carbons (Fsp3) is 0. The van der Waals surface area contributed by atoms with Gasteiger partial charge in [0, 0.05) is 27.6 Å². The summed E-state index contributed by atoms with van der Waals surface area (Å²) in [7, 11) is 0. The molecule has 7 aromatic carbocycles. The van der Waals surface area contributed by atoms with Crippen LogP contribution in [0, 0.1) is 0 Å². The fourth-order valence-corrected chi connectivity index (χ4v) is 6.76. The van der Waals surface area contributed by atoms with E-state index in [0.29, 0.717) is 5.82 Å². The molecule has 0 saturated carbocycles. The molecular weight excluding hydrogens is 607 g/mol. The highest BCUT2D eigenvalue weighted by atomic mass is 14.9. The van der Waals surface area contributed by atoms with E-state index in [-0.39, 0.29) is 0 Å². The van der Waals surface area contributed by atoms with Gasteiger partial charge < -0.3 is 0 Å². The van der Waals surface area contributed by atoms with Crippen molar-refractivity contribution >= 4 is 21.7 Å². The van der Waals surface area contributed by atoms with Crippen LogP contribution < -0.4 is 0 Å². The van der Waals surface area contributed by atoms with Crippen molar-refractivity contribution < 1.29 is 0 Å². The second-order valence-electron chi connectivity index (χ2n) is 12.5. The monoisotopic (exact) mass is 637 g/mol. The van der Waals surface area contributed by atoms with Gasteiger partial charge in [-0.05, 0) is 57.3 Å². The first-order valence-electron chi connectivity index (χ1n) is 16.9. The zero-order valence-electron chi connectivity index (χ0n) is 27.2. The van der Waals surface area contributed by atoms with E-state index in [4.69, 9.17) is 15.0 Å². The minimum Gasteiger partial charge on any atom is -0.248 e. The third-order valence-electron chi connectivity index (χ3n) is 9.28. The zero-order chi connectivity index (χ0) is 33.3. The Hall–Kier alpha value is -6.71. The van der Waals surface area contributed by atoms with Crippen molar-refractivity contribution in [2.24, 2.45) is 0 Å². The summed E-state index contributed by atoms with van der Waals surface area (Å²) in [5.41, 5.74) is 12.5. The van der Waals surface area contributed by atoms with Gasteiger partial charge in [-0.1, -0.05) is 164 Å². The van der Waals surface area contributed by atoms with Gasteiger partial charge in [-0.25, -0.2) is 15.0 Å². The molecule has 0 bridgehead atoms. The number of benzene rings is 7. The van der Waals surface area contributed by atoms with E-state index in [1.807, 2.05) is 42.5 Å². The number of hydrogen-bond donors (Lipinski definition) is 0. The van der Waals surface area contributed by atoms with Crippen LogP contribution >= 0.6 is 0 Å². The van der Waals surface area contributed by atoms with Crippen LogP contribution in [0.5, 0.6) is 0 Å². The Balaban J connectivity index is 1.13. The molecule has 0 amide bonds. The molecule has 0 unspecified atom stereocenters. The molecule has 0 spiro atoms. The predicted octanol–water partition coefficient (Wildman–Crippen LogP) is 12.2. The van der Waals surface area contributed by atoms with Gasteiger partial charge in [-0.3, -0.25) is 0 Å². The highest BCUT2D eigenvalue weighted by molar-refractivity contribution is 6.14. The summed E-state index contributed by atoms with van der Waals surface area (Å²) in [4.78, 5) is 15.2. The number of fused-ring (bicyclic) bond motifs is 3. The maximum Gasteiger partial charge on any atom is 0.160 e. The minimum absolute atomic E-state index is 0.703. The van der Waals surface area contributed by atoms with E-state index in [0.717, 1.165) is 61.5 Å². The van der Waals surface area contributed by atoms with Crippen molar-refractivity contribution in [3.05, 3.63) is 188 Å². The molecule has 234 valence electrons. The number of nitrogens with zero attached hydrogens (tertiary/aromatic N) is 3. The standard InChI is InChI=1S/C47H31N3/c1-4-14-34(15-5-1)43-30-41(46-40-22-11-10-13-33(40)27-28-42(46)48-43)39-21-12-20-38(29-39)32-23-25-37(26-24-32)47-49-44(35-16-6-2-7-17-35)31-45(50-47)36-18-8-3-9-19-36/h1-31H. The lowest BCUT2D eigenvalue weighted by atomic mass is 9.92. The summed E-state index contributed by atoms with van der Waals surface area (Å²) in [5, 5.41) is 3.57. The molecule has 3 heteroatoms. The molecule has 0 aliphatic heterocycles. The molecule has 0 aliphatic rings. The van der Waals surface area contributed by atoms with Crippen LogP contribution in [0.4, 0.5) is 0 Å². The average Bonchev–Trinajstić information content (AvgIpc) is 3.21. The molecule has 2 aromatic heterocycles. The van der Waals surface area contributed by atoms with E-state index in [1.165, 1.54) is 21.7 Å². The van der Waals surface area contributed by atoms with Crippen molar-refractivity contribution in [1.29, 1.82) is 0 Å². The summed E-state index contributed by atoms with van der Waals surface area (Å²) < 4.78 is 0. The Morgan fingerprint density at radius 2 is 0.820 bits per heavy atom. The van der Waals surface area contributed by atoms with Crippen molar-refractivity contribution in [2.75, 3.05) is 0 Å². The van der Waals surface area contributed by atoms with Gasteiger partial charge in [-0.2, -0.15) is 0 Å². The predicted molar refractivity (Wildman–Crippen MR) is 207 cm³/mol. The molecule has 50 heavy (non-hydrogen) atoms. The van der Waals surface area contributed by atoms with Crippen LogP contribution in [-0.4, -0.2) is 15.0 Å². The lowest BCUT2D eigenvalue weighted by Crippen LogP contribution is -1.96. The van der Waals surface area contributed by atoms with E-state index in [1.54, 1.807) is 0 Å². The molecule has 0 fully saturated rings. The van der Waals surface area contributed by atoms with Gasteiger partial charge in [0.2, 0.25) is 0 Å². The summed E-state index contributed by atoms with van der Waals surface area (Å²) in [6.45, 7) is 0. The molecule has 0 aliphatic carbocycles. The Morgan fingerprint density at radius 3 is 1.46 bits per heavy atom. The molecule has 0 atom stereocenters. The summed E-state index contributed by atoms with van der Waals surface area (Å²) >= 11 is 0. The van der Waals surface area contributed by atoms with Crippen LogP contribution in [0.2, 0.25) is 0 Å². The molecule has 0 saturated heterocycles. The van der Waals surface area contributed by atoms with Crippen molar-refractivity contribution in [1.82, 2.24) is 15.0 Å². The number of pyridine rings is 1. The average molecular weight is 638 g/mol. The second-order valence-corrected chi connectivity index (χ2v) is 12.5. The third-order valence-corrected chi connectivity index (χ3v) is 9.28. The van der Waals surface area contributed by atoms with Crippen LogP contribution in [0.25, 0.3) is 89.1 Å².